The standard InChI is InChI=1S/C15H20N4O3/c1-11-7-16-10-19(11)12-3-5-18(6-4-12)15(20)13-8-22-17-14(13)9-21-2/h7-8,10,12H,3-6,9H2,1-2H3. The SMILES string of the molecule is COCc1nocc1C(=O)N1CCC(n2cncc2C)CC1. The van der Waals surface area contributed by atoms with Gasteiger partial charge in [0.1, 0.15) is 17.5 Å². The minimum Gasteiger partial charge on any atom is -0.378 e. The van der Waals surface area contributed by atoms with Crippen molar-refractivity contribution in [2.45, 2.75) is 32.4 Å². The molecule has 0 bridgehead atoms. The molecule has 0 N–H and O–H groups in total. The Hall–Kier alpha value is -2.15. The van der Waals surface area contributed by atoms with Crippen LogP contribution >= 0.6 is 0 Å². The lowest BCUT2D eigenvalue weighted by Crippen LogP contribution is -2.39. The number of hydrogen-bond acceptors (Lipinski definition) is 5. The normalized spacial score (nSPS) is 16.2. The van der Waals surface area contributed by atoms with Crippen LogP contribution in [0.15, 0.2) is 23.3 Å². The van der Waals surface area contributed by atoms with E-state index in [0.29, 0.717) is 17.3 Å². The van der Waals surface area contributed by atoms with Gasteiger partial charge in [-0.15, -0.1) is 0 Å². The number of rotatable bonds is 4. The van der Waals surface area contributed by atoms with Crippen molar-refractivity contribution >= 4 is 5.91 Å². The van der Waals surface area contributed by atoms with Gasteiger partial charge in [-0.05, 0) is 19.8 Å². The Kier molecular flexibility index (Phi) is 4.24. The highest BCUT2D eigenvalue weighted by Crippen LogP contribution is 2.25. The van der Waals surface area contributed by atoms with Gasteiger partial charge in [0.2, 0.25) is 0 Å². The summed E-state index contributed by atoms with van der Waals surface area (Å²) in [6, 6.07) is 0.410. The van der Waals surface area contributed by atoms with E-state index in [0.717, 1.165) is 31.6 Å². The average Bonchev–Trinajstić information content (AvgIpc) is 3.16. The molecule has 1 aliphatic rings. The monoisotopic (exact) mass is 304 g/mol. The highest BCUT2D eigenvalue weighted by Gasteiger charge is 2.27. The first-order valence-electron chi connectivity index (χ1n) is 7.40. The van der Waals surface area contributed by atoms with Crippen LogP contribution in [0.1, 0.15) is 40.6 Å². The third-order valence-corrected chi connectivity index (χ3v) is 4.16. The van der Waals surface area contributed by atoms with Gasteiger partial charge in [0.05, 0.1) is 12.9 Å². The Labute approximate surface area is 128 Å². The van der Waals surface area contributed by atoms with Gasteiger partial charge in [0.15, 0.2) is 0 Å². The number of hydrogen-bond donors (Lipinski definition) is 0. The third-order valence-electron chi connectivity index (χ3n) is 4.16. The van der Waals surface area contributed by atoms with E-state index in [1.54, 1.807) is 7.11 Å². The molecule has 1 amide bonds. The maximum atomic E-state index is 12.6. The van der Waals surface area contributed by atoms with Gasteiger partial charge < -0.3 is 18.7 Å². The number of piperidine rings is 1. The Morgan fingerprint density at radius 1 is 1.45 bits per heavy atom. The van der Waals surface area contributed by atoms with Crippen molar-refractivity contribution < 1.29 is 14.1 Å². The molecular weight excluding hydrogens is 284 g/mol. The molecule has 7 heteroatoms. The molecule has 1 saturated heterocycles. The van der Waals surface area contributed by atoms with Crippen molar-refractivity contribution in [3.63, 3.8) is 0 Å². The average molecular weight is 304 g/mol. The molecule has 0 aromatic carbocycles. The molecule has 0 atom stereocenters. The Bertz CT molecular complexity index is 641. The van der Waals surface area contributed by atoms with Crippen LogP contribution in [0.25, 0.3) is 0 Å². The summed E-state index contributed by atoms with van der Waals surface area (Å²) < 4.78 is 12.1. The molecule has 3 rings (SSSR count). The first-order chi connectivity index (χ1) is 10.7. The second kappa shape index (κ2) is 6.31. The number of nitrogens with zero attached hydrogens (tertiary/aromatic N) is 4. The van der Waals surface area contributed by atoms with Crippen molar-refractivity contribution in [2.24, 2.45) is 0 Å². The minimum absolute atomic E-state index is 0.0332. The van der Waals surface area contributed by atoms with Crippen molar-refractivity contribution in [3.05, 3.63) is 35.7 Å². The summed E-state index contributed by atoms with van der Waals surface area (Å²) >= 11 is 0. The van der Waals surface area contributed by atoms with E-state index >= 15 is 0 Å². The molecule has 7 nitrogen and oxygen atoms in total. The molecule has 1 aliphatic heterocycles. The first-order valence-corrected chi connectivity index (χ1v) is 7.40. The van der Waals surface area contributed by atoms with Crippen LogP contribution in [0.2, 0.25) is 0 Å². The number of carbonyl (C=O) groups excluding carboxylic acids is 1. The Morgan fingerprint density at radius 2 is 2.23 bits per heavy atom. The number of imidazole rings is 1. The summed E-state index contributed by atoms with van der Waals surface area (Å²) in [5.41, 5.74) is 2.21. The van der Waals surface area contributed by atoms with Gasteiger partial charge in [-0.25, -0.2) is 4.98 Å². The van der Waals surface area contributed by atoms with E-state index in [9.17, 15) is 4.79 Å². The topological polar surface area (TPSA) is 73.4 Å². The van der Waals surface area contributed by atoms with Gasteiger partial charge in [-0.2, -0.15) is 0 Å². The first kappa shape index (κ1) is 14.8. The lowest BCUT2D eigenvalue weighted by Gasteiger charge is -2.33. The second-order valence-electron chi connectivity index (χ2n) is 5.57. The van der Waals surface area contributed by atoms with E-state index in [-0.39, 0.29) is 12.5 Å². The van der Waals surface area contributed by atoms with Gasteiger partial charge >= 0.3 is 0 Å². The van der Waals surface area contributed by atoms with Crippen LogP contribution < -0.4 is 0 Å². The summed E-state index contributed by atoms with van der Waals surface area (Å²) in [4.78, 5) is 18.6. The van der Waals surface area contributed by atoms with Gasteiger partial charge in [0.25, 0.3) is 5.91 Å². The van der Waals surface area contributed by atoms with E-state index in [2.05, 4.69) is 21.6 Å². The largest absolute Gasteiger partial charge is 0.378 e. The number of aryl methyl sites for hydroxylation is 1. The predicted octanol–water partition coefficient (Wildman–Crippen LogP) is 1.80. The molecule has 0 unspecified atom stereocenters. The molecule has 3 heterocycles. The number of amides is 1. The maximum absolute atomic E-state index is 12.6. The molecule has 0 spiro atoms. The number of likely N-dealkylation sites (tertiary alicyclic amines) is 1. The summed E-state index contributed by atoms with van der Waals surface area (Å²) in [6.45, 7) is 3.78. The fourth-order valence-electron chi connectivity index (χ4n) is 2.95. The maximum Gasteiger partial charge on any atom is 0.259 e. The van der Waals surface area contributed by atoms with Crippen LogP contribution in [-0.2, 0) is 11.3 Å². The predicted molar refractivity (Wildman–Crippen MR) is 78.4 cm³/mol. The summed E-state index contributed by atoms with van der Waals surface area (Å²) in [6.07, 6.45) is 6.99. The molecule has 0 radical (unpaired) electrons. The van der Waals surface area contributed by atoms with Gasteiger partial charge in [-0.3, -0.25) is 4.79 Å². The summed E-state index contributed by atoms with van der Waals surface area (Å²) in [5, 5.41) is 3.83. The smallest absolute Gasteiger partial charge is 0.259 e. The molecule has 1 fully saturated rings. The van der Waals surface area contributed by atoms with E-state index < -0.39 is 0 Å². The molecule has 22 heavy (non-hydrogen) atoms. The van der Waals surface area contributed by atoms with Crippen molar-refractivity contribution in [1.82, 2.24) is 19.6 Å². The number of aromatic nitrogens is 3. The zero-order valence-electron chi connectivity index (χ0n) is 12.9. The lowest BCUT2D eigenvalue weighted by atomic mass is 10.0. The van der Waals surface area contributed by atoms with Gasteiger partial charge in [-0.1, -0.05) is 5.16 Å². The Balaban J connectivity index is 1.65. The van der Waals surface area contributed by atoms with Crippen LogP contribution in [0, 0.1) is 6.92 Å². The van der Waals surface area contributed by atoms with Crippen LogP contribution in [0.5, 0.6) is 0 Å². The van der Waals surface area contributed by atoms with Crippen LogP contribution in [-0.4, -0.2) is 45.7 Å². The second-order valence-corrected chi connectivity index (χ2v) is 5.57. The zero-order valence-corrected chi connectivity index (χ0v) is 12.9. The zero-order chi connectivity index (χ0) is 15.5. The summed E-state index contributed by atoms with van der Waals surface area (Å²) in [5.74, 6) is -0.0332. The number of methoxy groups -OCH3 is 1. The number of ether oxygens (including phenoxy) is 1. The van der Waals surface area contributed by atoms with Crippen LogP contribution in [0.4, 0.5) is 0 Å². The Morgan fingerprint density at radius 3 is 2.86 bits per heavy atom. The van der Waals surface area contributed by atoms with E-state index in [1.807, 2.05) is 17.4 Å². The molecule has 2 aromatic rings. The quantitative estimate of drug-likeness (QED) is 0.861. The van der Waals surface area contributed by atoms with Crippen molar-refractivity contribution in [3.8, 4) is 0 Å². The van der Waals surface area contributed by atoms with Crippen molar-refractivity contribution in [1.29, 1.82) is 0 Å². The van der Waals surface area contributed by atoms with Crippen LogP contribution in [0.3, 0.4) is 0 Å². The fourth-order valence-corrected chi connectivity index (χ4v) is 2.95. The van der Waals surface area contributed by atoms with Gasteiger partial charge in [0, 0.05) is 38.1 Å². The third kappa shape index (κ3) is 2.76. The molecular formula is C15H20N4O3. The summed E-state index contributed by atoms with van der Waals surface area (Å²) in [7, 11) is 1.57. The highest BCUT2D eigenvalue weighted by atomic mass is 16.5. The highest BCUT2D eigenvalue weighted by molar-refractivity contribution is 5.94. The molecule has 2 aromatic heterocycles. The molecule has 118 valence electrons. The van der Waals surface area contributed by atoms with E-state index in [4.69, 9.17) is 9.26 Å². The molecule has 0 aliphatic carbocycles. The number of carbonyl (C=O) groups is 1. The molecule has 0 saturated carbocycles. The van der Waals surface area contributed by atoms with Crippen molar-refractivity contribution in [2.75, 3.05) is 20.2 Å². The lowest BCUT2D eigenvalue weighted by molar-refractivity contribution is 0.0689. The van der Waals surface area contributed by atoms with E-state index in [1.165, 1.54) is 6.26 Å². The fraction of sp³-hybridized carbons (Fsp3) is 0.533. The minimum atomic E-state index is -0.0332.